The highest BCUT2D eigenvalue weighted by atomic mass is 16.2. The lowest BCUT2D eigenvalue weighted by Crippen LogP contribution is -2.47. The van der Waals surface area contributed by atoms with Crippen LogP contribution in [0.2, 0.25) is 0 Å². The van der Waals surface area contributed by atoms with Gasteiger partial charge in [-0.15, -0.1) is 0 Å². The largest absolute Gasteiger partial charge is 0.350 e. The summed E-state index contributed by atoms with van der Waals surface area (Å²) in [6, 6.07) is -0.862. The number of urea groups is 1. The van der Waals surface area contributed by atoms with Gasteiger partial charge in [0.25, 0.3) is 0 Å². The Kier molecular flexibility index (Phi) is 2.97. The van der Waals surface area contributed by atoms with Gasteiger partial charge in [-0.05, 0) is 20.8 Å². The molecule has 1 saturated heterocycles. The molecule has 0 unspecified atom stereocenters. The van der Waals surface area contributed by atoms with Crippen LogP contribution in [0.4, 0.5) is 4.79 Å². The summed E-state index contributed by atoms with van der Waals surface area (Å²) in [6.45, 7) is 4.85. The second-order valence-electron chi connectivity index (χ2n) is 4.45. The van der Waals surface area contributed by atoms with Crippen molar-refractivity contribution in [2.24, 2.45) is 0 Å². The van der Waals surface area contributed by atoms with E-state index in [2.05, 4.69) is 5.32 Å². The lowest BCUT2D eigenvalue weighted by Gasteiger charge is -2.21. The average Bonchev–Trinajstić information content (AvgIpc) is 2.29. The van der Waals surface area contributed by atoms with Crippen molar-refractivity contribution in [1.29, 1.82) is 0 Å². The Labute approximate surface area is 92.2 Å². The Bertz CT molecular complexity index is 369. The fourth-order valence-electron chi connectivity index (χ4n) is 1.18. The Morgan fingerprint density at radius 1 is 1.31 bits per heavy atom. The van der Waals surface area contributed by atoms with E-state index in [1.807, 2.05) is 0 Å². The summed E-state index contributed by atoms with van der Waals surface area (Å²) in [5.74, 6) is -2.51. The molecule has 2 N–H and O–H groups in total. The monoisotopic (exact) mass is 227 g/mol. The summed E-state index contributed by atoms with van der Waals surface area (Å²) in [6.07, 6.45) is 0. The van der Waals surface area contributed by atoms with E-state index < -0.39 is 35.8 Å². The Morgan fingerprint density at radius 2 is 1.88 bits per heavy atom. The van der Waals surface area contributed by atoms with E-state index in [9.17, 15) is 19.2 Å². The van der Waals surface area contributed by atoms with Gasteiger partial charge in [0.1, 0.15) is 6.54 Å². The average molecular weight is 227 g/mol. The Morgan fingerprint density at radius 3 is 2.25 bits per heavy atom. The zero-order chi connectivity index (χ0) is 12.5. The van der Waals surface area contributed by atoms with Gasteiger partial charge in [0.15, 0.2) is 0 Å². The minimum Gasteiger partial charge on any atom is -0.350 e. The summed E-state index contributed by atoms with van der Waals surface area (Å²) in [7, 11) is 0. The number of rotatable bonds is 2. The topological polar surface area (TPSA) is 95.6 Å². The summed E-state index contributed by atoms with van der Waals surface area (Å²) >= 11 is 0. The van der Waals surface area contributed by atoms with Gasteiger partial charge in [-0.3, -0.25) is 19.7 Å². The first-order chi connectivity index (χ1) is 7.20. The number of carbonyl (C=O) groups is 4. The summed E-state index contributed by atoms with van der Waals surface area (Å²) in [5, 5.41) is 4.38. The molecule has 1 aliphatic rings. The van der Waals surface area contributed by atoms with Crippen LogP contribution in [0, 0.1) is 0 Å². The first-order valence-corrected chi connectivity index (χ1v) is 4.68. The molecule has 0 spiro atoms. The standard InChI is InChI=1S/C9H13N3O4/c1-9(2,3)11-5(13)4-12-7(15)6(14)10-8(12)16/h4H2,1-3H3,(H,11,13)(H,10,14,16). The minimum atomic E-state index is -1.01. The van der Waals surface area contributed by atoms with Crippen LogP contribution in [-0.4, -0.2) is 40.7 Å². The molecule has 0 aromatic rings. The number of nitrogens with zero attached hydrogens (tertiary/aromatic N) is 1. The van der Waals surface area contributed by atoms with Crippen molar-refractivity contribution < 1.29 is 19.2 Å². The third-order valence-electron chi connectivity index (χ3n) is 1.72. The molecule has 1 heterocycles. The molecule has 1 fully saturated rings. The minimum absolute atomic E-state index is 0.451. The summed E-state index contributed by atoms with van der Waals surface area (Å²) < 4.78 is 0. The summed E-state index contributed by atoms with van der Waals surface area (Å²) in [5.41, 5.74) is -0.458. The first kappa shape index (κ1) is 12.2. The normalized spacial score (nSPS) is 16.4. The van der Waals surface area contributed by atoms with Crippen molar-refractivity contribution in [2.75, 3.05) is 6.54 Å². The molecule has 0 saturated carbocycles. The lowest BCUT2D eigenvalue weighted by molar-refractivity contribution is -0.141. The zero-order valence-electron chi connectivity index (χ0n) is 9.29. The van der Waals surface area contributed by atoms with E-state index in [4.69, 9.17) is 0 Å². The van der Waals surface area contributed by atoms with E-state index in [-0.39, 0.29) is 0 Å². The third kappa shape index (κ3) is 2.78. The van der Waals surface area contributed by atoms with E-state index in [1.54, 1.807) is 26.1 Å². The Balaban J connectivity index is 2.62. The smallest absolute Gasteiger partial charge is 0.332 e. The van der Waals surface area contributed by atoms with Crippen molar-refractivity contribution in [3.05, 3.63) is 0 Å². The van der Waals surface area contributed by atoms with Crippen LogP contribution in [0.25, 0.3) is 0 Å². The van der Waals surface area contributed by atoms with Gasteiger partial charge in [0.05, 0.1) is 0 Å². The zero-order valence-corrected chi connectivity index (χ0v) is 9.29. The molecule has 1 aliphatic heterocycles. The highest BCUT2D eigenvalue weighted by Gasteiger charge is 2.38. The van der Waals surface area contributed by atoms with Crippen molar-refractivity contribution in [1.82, 2.24) is 15.5 Å². The van der Waals surface area contributed by atoms with E-state index in [0.29, 0.717) is 4.90 Å². The summed E-state index contributed by atoms with van der Waals surface area (Å²) in [4.78, 5) is 45.0. The number of hydrogen-bond acceptors (Lipinski definition) is 4. The second kappa shape index (κ2) is 3.92. The van der Waals surface area contributed by atoms with Crippen molar-refractivity contribution in [2.45, 2.75) is 26.3 Å². The van der Waals surface area contributed by atoms with Crippen LogP contribution in [0.5, 0.6) is 0 Å². The van der Waals surface area contributed by atoms with Gasteiger partial charge in [-0.1, -0.05) is 0 Å². The maximum absolute atomic E-state index is 11.4. The number of nitrogens with one attached hydrogen (secondary N) is 2. The van der Waals surface area contributed by atoms with Crippen molar-refractivity contribution in [3.63, 3.8) is 0 Å². The maximum atomic E-state index is 11.4. The van der Waals surface area contributed by atoms with Crippen molar-refractivity contribution >= 4 is 23.8 Å². The second-order valence-corrected chi connectivity index (χ2v) is 4.45. The molecule has 16 heavy (non-hydrogen) atoms. The molecule has 0 radical (unpaired) electrons. The van der Waals surface area contributed by atoms with E-state index in [1.165, 1.54) is 0 Å². The molecule has 5 amide bonds. The van der Waals surface area contributed by atoms with Crippen molar-refractivity contribution in [3.8, 4) is 0 Å². The van der Waals surface area contributed by atoms with Gasteiger partial charge in [-0.25, -0.2) is 9.69 Å². The van der Waals surface area contributed by atoms with E-state index in [0.717, 1.165) is 0 Å². The molecular formula is C9H13N3O4. The third-order valence-corrected chi connectivity index (χ3v) is 1.72. The van der Waals surface area contributed by atoms with Crippen LogP contribution in [0.1, 0.15) is 20.8 Å². The maximum Gasteiger partial charge on any atom is 0.332 e. The molecule has 1 rings (SSSR count). The Hall–Kier alpha value is -1.92. The molecular weight excluding hydrogens is 214 g/mol. The van der Waals surface area contributed by atoms with Crippen LogP contribution in [0.15, 0.2) is 0 Å². The van der Waals surface area contributed by atoms with Crippen LogP contribution in [0.3, 0.4) is 0 Å². The molecule has 0 aliphatic carbocycles. The van der Waals surface area contributed by atoms with E-state index >= 15 is 0 Å². The first-order valence-electron chi connectivity index (χ1n) is 4.68. The van der Waals surface area contributed by atoms with Crippen LogP contribution in [-0.2, 0) is 14.4 Å². The fourth-order valence-corrected chi connectivity index (χ4v) is 1.18. The predicted molar refractivity (Wildman–Crippen MR) is 53.1 cm³/mol. The quantitative estimate of drug-likeness (QED) is 0.466. The van der Waals surface area contributed by atoms with Gasteiger partial charge in [0, 0.05) is 5.54 Å². The molecule has 0 aromatic carbocycles. The molecule has 7 heteroatoms. The SMILES string of the molecule is CC(C)(C)NC(=O)CN1C(=O)NC(=O)C1=O. The molecule has 0 bridgehead atoms. The van der Waals surface area contributed by atoms with Crippen LogP contribution >= 0.6 is 0 Å². The van der Waals surface area contributed by atoms with Crippen LogP contribution < -0.4 is 10.6 Å². The van der Waals surface area contributed by atoms with Gasteiger partial charge in [0.2, 0.25) is 5.91 Å². The number of amides is 5. The highest BCUT2D eigenvalue weighted by Crippen LogP contribution is 2.02. The van der Waals surface area contributed by atoms with Gasteiger partial charge >= 0.3 is 17.8 Å². The number of imide groups is 2. The number of hydrogen-bond donors (Lipinski definition) is 2. The lowest BCUT2D eigenvalue weighted by atomic mass is 10.1. The van der Waals surface area contributed by atoms with Gasteiger partial charge in [-0.2, -0.15) is 0 Å². The molecule has 7 nitrogen and oxygen atoms in total. The molecule has 0 aromatic heterocycles. The predicted octanol–water partition coefficient (Wildman–Crippen LogP) is -1.02. The fraction of sp³-hybridized carbons (Fsp3) is 0.556. The molecule has 0 atom stereocenters. The number of carbonyl (C=O) groups excluding carboxylic acids is 4. The molecule has 88 valence electrons. The highest BCUT2D eigenvalue weighted by molar-refractivity contribution is 6.45. The van der Waals surface area contributed by atoms with Gasteiger partial charge < -0.3 is 5.32 Å².